The van der Waals surface area contributed by atoms with Crippen molar-refractivity contribution in [3.05, 3.63) is 71.3 Å². The lowest BCUT2D eigenvalue weighted by atomic mass is 9.98. The predicted molar refractivity (Wildman–Crippen MR) is 146 cm³/mol. The number of nitrogens with one attached hydrogen (secondary N) is 1. The fourth-order valence-corrected chi connectivity index (χ4v) is 4.79. The highest BCUT2D eigenvalue weighted by Crippen LogP contribution is 2.32. The van der Waals surface area contributed by atoms with E-state index in [1.165, 1.54) is 5.56 Å². The molecule has 0 unspecified atom stereocenters. The number of hydrogen-bond acceptors (Lipinski definition) is 6. The van der Waals surface area contributed by atoms with Crippen LogP contribution >= 0.6 is 0 Å². The van der Waals surface area contributed by atoms with Crippen molar-refractivity contribution >= 4 is 11.0 Å². The largest absolute Gasteiger partial charge is 0.322 e. The Kier molecular flexibility index (Phi) is 7.08. The van der Waals surface area contributed by atoms with Gasteiger partial charge < -0.3 is 4.57 Å². The van der Waals surface area contributed by atoms with E-state index in [0.717, 1.165) is 70.7 Å². The highest BCUT2D eigenvalue weighted by molar-refractivity contribution is 5.82. The second-order valence-electron chi connectivity index (χ2n) is 10.2. The number of tetrazole rings is 1. The zero-order chi connectivity index (χ0) is 25.9. The number of benzene rings is 2. The smallest absolute Gasteiger partial charge is 0.205 e. The summed E-state index contributed by atoms with van der Waals surface area (Å²) >= 11 is 0. The number of aromatic amines is 1. The summed E-state index contributed by atoms with van der Waals surface area (Å²) in [6, 6.07) is 16.9. The Labute approximate surface area is 217 Å². The standard InChI is InChI=1S/C29H34N8/c1-6-7-12-24-30-27-25(18(2)3)31-32-26(19(4)5)28(27)37(24)17-20-13-15-21(16-14-20)22-10-8-9-11-23(22)29-33-35-36-34-29/h8-11,13-16,18-19H,6-7,12,17H2,1-5H3,(H,33,34,35,36). The van der Waals surface area contributed by atoms with Crippen LogP contribution in [0.15, 0.2) is 48.5 Å². The molecule has 8 heteroatoms. The molecule has 3 aromatic heterocycles. The Morgan fingerprint density at radius 2 is 1.54 bits per heavy atom. The van der Waals surface area contributed by atoms with Crippen LogP contribution in [0.2, 0.25) is 0 Å². The minimum Gasteiger partial charge on any atom is -0.322 e. The second kappa shape index (κ2) is 10.6. The Morgan fingerprint density at radius 3 is 2.19 bits per heavy atom. The van der Waals surface area contributed by atoms with Crippen molar-refractivity contribution in [2.45, 2.75) is 72.3 Å². The summed E-state index contributed by atoms with van der Waals surface area (Å²) in [6.07, 6.45) is 3.17. The zero-order valence-corrected chi connectivity index (χ0v) is 22.2. The van der Waals surface area contributed by atoms with Gasteiger partial charge in [-0.1, -0.05) is 89.6 Å². The maximum Gasteiger partial charge on any atom is 0.205 e. The molecule has 0 saturated heterocycles. The number of hydrogen-bond donors (Lipinski definition) is 1. The normalized spacial score (nSPS) is 11.8. The first kappa shape index (κ1) is 24.7. The molecule has 5 aromatic rings. The molecule has 0 radical (unpaired) electrons. The molecule has 190 valence electrons. The lowest BCUT2D eigenvalue weighted by Crippen LogP contribution is -2.09. The van der Waals surface area contributed by atoms with E-state index in [-0.39, 0.29) is 11.8 Å². The highest BCUT2D eigenvalue weighted by Gasteiger charge is 2.22. The van der Waals surface area contributed by atoms with Gasteiger partial charge >= 0.3 is 0 Å². The molecule has 1 N–H and O–H groups in total. The van der Waals surface area contributed by atoms with Crippen LogP contribution in [0, 0.1) is 0 Å². The van der Waals surface area contributed by atoms with E-state index in [2.05, 4.69) is 100 Å². The quantitative estimate of drug-likeness (QED) is 0.258. The van der Waals surface area contributed by atoms with Crippen molar-refractivity contribution < 1.29 is 0 Å². The van der Waals surface area contributed by atoms with Gasteiger partial charge in [0.25, 0.3) is 0 Å². The predicted octanol–water partition coefficient (Wildman–Crippen LogP) is 6.31. The SMILES string of the molecule is CCCCc1nc2c(C(C)C)nnc(C(C)C)c2n1Cc1ccc(-c2ccccc2-c2nn[nH]n2)cc1. The van der Waals surface area contributed by atoms with Crippen molar-refractivity contribution in [3.8, 4) is 22.5 Å². The van der Waals surface area contributed by atoms with Gasteiger partial charge in [-0.2, -0.15) is 15.4 Å². The van der Waals surface area contributed by atoms with E-state index in [1.807, 2.05) is 18.2 Å². The van der Waals surface area contributed by atoms with E-state index in [4.69, 9.17) is 4.98 Å². The van der Waals surface area contributed by atoms with Crippen LogP contribution in [0.4, 0.5) is 0 Å². The second-order valence-corrected chi connectivity index (χ2v) is 10.2. The van der Waals surface area contributed by atoms with Gasteiger partial charge in [-0.05, 0) is 40.2 Å². The summed E-state index contributed by atoms with van der Waals surface area (Å²) in [7, 11) is 0. The molecule has 0 amide bonds. The fraction of sp³-hybridized carbons (Fsp3) is 0.379. The Bertz CT molecular complexity index is 1480. The summed E-state index contributed by atoms with van der Waals surface area (Å²) in [5, 5.41) is 23.9. The third kappa shape index (κ3) is 4.88. The van der Waals surface area contributed by atoms with Gasteiger partial charge in [0.15, 0.2) is 0 Å². The minimum atomic E-state index is 0.259. The van der Waals surface area contributed by atoms with Gasteiger partial charge in [-0.3, -0.25) is 0 Å². The van der Waals surface area contributed by atoms with Gasteiger partial charge in [-0.25, -0.2) is 4.98 Å². The fourth-order valence-electron chi connectivity index (χ4n) is 4.79. The first-order valence-corrected chi connectivity index (χ1v) is 13.2. The molecule has 0 aliphatic carbocycles. The van der Waals surface area contributed by atoms with E-state index < -0.39 is 0 Å². The van der Waals surface area contributed by atoms with E-state index in [9.17, 15) is 0 Å². The zero-order valence-electron chi connectivity index (χ0n) is 22.2. The molecule has 2 aromatic carbocycles. The van der Waals surface area contributed by atoms with Crippen molar-refractivity contribution in [2.75, 3.05) is 0 Å². The number of nitrogens with zero attached hydrogens (tertiary/aromatic N) is 7. The highest BCUT2D eigenvalue weighted by atomic mass is 15.5. The molecular formula is C29H34N8. The van der Waals surface area contributed by atoms with E-state index in [1.54, 1.807) is 0 Å². The third-order valence-corrected chi connectivity index (χ3v) is 6.76. The van der Waals surface area contributed by atoms with Crippen LogP contribution in [-0.2, 0) is 13.0 Å². The average molecular weight is 495 g/mol. The Hall–Kier alpha value is -3.94. The number of aryl methyl sites for hydroxylation is 1. The summed E-state index contributed by atoms with van der Waals surface area (Å²) in [4.78, 5) is 5.15. The molecule has 0 bridgehead atoms. The van der Waals surface area contributed by atoms with Gasteiger partial charge in [-0.15, -0.1) is 10.2 Å². The van der Waals surface area contributed by atoms with Crippen molar-refractivity contribution in [2.24, 2.45) is 0 Å². The van der Waals surface area contributed by atoms with Crippen LogP contribution in [0.25, 0.3) is 33.5 Å². The van der Waals surface area contributed by atoms with Gasteiger partial charge in [0.1, 0.15) is 11.3 Å². The molecule has 3 heterocycles. The van der Waals surface area contributed by atoms with E-state index >= 15 is 0 Å². The lowest BCUT2D eigenvalue weighted by molar-refractivity contribution is 0.683. The molecule has 8 nitrogen and oxygen atoms in total. The third-order valence-electron chi connectivity index (χ3n) is 6.76. The number of H-pyrrole nitrogens is 1. The summed E-state index contributed by atoms with van der Waals surface area (Å²) in [6.45, 7) is 11.6. The molecule has 0 fully saturated rings. The summed E-state index contributed by atoms with van der Waals surface area (Å²) in [5.74, 6) is 2.22. The monoisotopic (exact) mass is 494 g/mol. The topological polar surface area (TPSA) is 98.1 Å². The maximum absolute atomic E-state index is 5.15. The van der Waals surface area contributed by atoms with Gasteiger partial charge in [0.05, 0.1) is 16.9 Å². The summed E-state index contributed by atoms with van der Waals surface area (Å²) in [5.41, 5.74) is 8.48. The number of aromatic nitrogens is 8. The first-order chi connectivity index (χ1) is 18.0. The molecule has 0 saturated carbocycles. The molecule has 0 aliphatic heterocycles. The Morgan fingerprint density at radius 1 is 0.838 bits per heavy atom. The van der Waals surface area contributed by atoms with Crippen LogP contribution in [-0.4, -0.2) is 40.4 Å². The summed E-state index contributed by atoms with van der Waals surface area (Å²) < 4.78 is 2.38. The number of unbranched alkanes of at least 4 members (excludes halogenated alkanes) is 1. The minimum absolute atomic E-state index is 0.259. The number of fused-ring (bicyclic) bond motifs is 1. The van der Waals surface area contributed by atoms with Crippen molar-refractivity contribution in [1.82, 2.24) is 40.4 Å². The number of imidazole rings is 1. The lowest BCUT2D eigenvalue weighted by Gasteiger charge is -2.15. The molecule has 0 atom stereocenters. The van der Waals surface area contributed by atoms with Crippen molar-refractivity contribution in [1.29, 1.82) is 0 Å². The van der Waals surface area contributed by atoms with Crippen LogP contribution in [0.1, 0.15) is 82.1 Å². The first-order valence-electron chi connectivity index (χ1n) is 13.2. The van der Waals surface area contributed by atoms with E-state index in [0.29, 0.717) is 5.82 Å². The average Bonchev–Trinajstić information content (AvgIpc) is 3.56. The molecule has 0 spiro atoms. The maximum atomic E-state index is 5.15. The van der Waals surface area contributed by atoms with Crippen LogP contribution < -0.4 is 0 Å². The molecule has 0 aliphatic rings. The molecular weight excluding hydrogens is 460 g/mol. The van der Waals surface area contributed by atoms with Gasteiger partial charge in [0, 0.05) is 18.5 Å². The van der Waals surface area contributed by atoms with Crippen molar-refractivity contribution in [3.63, 3.8) is 0 Å². The molecule has 5 rings (SSSR count). The Balaban J connectivity index is 1.56. The van der Waals surface area contributed by atoms with Gasteiger partial charge in [0.2, 0.25) is 5.82 Å². The molecule has 37 heavy (non-hydrogen) atoms. The van der Waals surface area contributed by atoms with Crippen LogP contribution in [0.5, 0.6) is 0 Å². The van der Waals surface area contributed by atoms with Crippen LogP contribution in [0.3, 0.4) is 0 Å². The number of rotatable bonds is 9.